The van der Waals surface area contributed by atoms with Crippen molar-refractivity contribution in [2.45, 2.75) is 18.9 Å². The van der Waals surface area contributed by atoms with E-state index in [1.165, 1.54) is 17.9 Å². The Labute approximate surface area is 155 Å². The number of carbonyl (C=O) groups excluding carboxylic acids is 2. The van der Waals surface area contributed by atoms with E-state index < -0.39 is 23.2 Å². The lowest BCUT2D eigenvalue weighted by Gasteiger charge is -2.13. The molecule has 2 heterocycles. The van der Waals surface area contributed by atoms with E-state index in [1.54, 1.807) is 31.3 Å². The maximum Gasteiger partial charge on any atom is 0.267 e. The first-order valence-corrected chi connectivity index (χ1v) is 8.30. The number of rotatable bonds is 2. The van der Waals surface area contributed by atoms with Crippen LogP contribution in [0.1, 0.15) is 28.0 Å². The molecule has 7 heteroatoms. The molecule has 1 fully saturated rings. The molecule has 3 N–H and O–H groups in total. The first-order chi connectivity index (χ1) is 12.7. The predicted molar refractivity (Wildman–Crippen MR) is 97.0 cm³/mol. The van der Waals surface area contributed by atoms with Gasteiger partial charge in [-0.1, -0.05) is 24.0 Å². The van der Waals surface area contributed by atoms with Crippen LogP contribution in [-0.4, -0.2) is 46.0 Å². The van der Waals surface area contributed by atoms with Crippen LogP contribution in [0.25, 0.3) is 11.3 Å². The summed E-state index contributed by atoms with van der Waals surface area (Å²) in [5, 5.41) is 10.4. The number of hydrogen-bond donors (Lipinski definition) is 2. The number of hydrogen-bond acceptors (Lipinski definition) is 4. The van der Waals surface area contributed by atoms with Crippen LogP contribution >= 0.6 is 0 Å². The number of amides is 2. The molecule has 27 heavy (non-hydrogen) atoms. The van der Waals surface area contributed by atoms with E-state index in [1.807, 2.05) is 0 Å². The quantitative estimate of drug-likeness (QED) is 0.781. The molecule has 0 aliphatic carbocycles. The second-order valence-corrected chi connectivity index (χ2v) is 6.52. The summed E-state index contributed by atoms with van der Waals surface area (Å²) in [5.41, 5.74) is 4.64. The number of nitrogens with zero attached hydrogens (tertiary/aromatic N) is 2. The Kier molecular flexibility index (Phi) is 4.68. The number of aliphatic hydroxyl groups is 1. The van der Waals surface area contributed by atoms with Gasteiger partial charge in [0.05, 0.1) is 0 Å². The minimum atomic E-state index is -1.71. The normalized spacial score (nSPS) is 19.0. The second-order valence-electron chi connectivity index (χ2n) is 6.52. The highest BCUT2D eigenvalue weighted by atomic mass is 19.1. The van der Waals surface area contributed by atoms with E-state index in [2.05, 4.69) is 16.8 Å². The fourth-order valence-electron chi connectivity index (χ4n) is 2.86. The zero-order valence-electron chi connectivity index (χ0n) is 14.9. The maximum absolute atomic E-state index is 14.5. The van der Waals surface area contributed by atoms with E-state index in [4.69, 9.17) is 5.73 Å². The van der Waals surface area contributed by atoms with Crippen LogP contribution < -0.4 is 5.73 Å². The summed E-state index contributed by atoms with van der Waals surface area (Å²) in [4.78, 5) is 28.8. The van der Waals surface area contributed by atoms with Crippen molar-refractivity contribution in [3.63, 3.8) is 0 Å². The SMILES string of the molecule is Cc1cc(C(N)=O)nc(-c2cccc(C#CC3(O)CCN(C)C3=O)c2)c1F. The highest BCUT2D eigenvalue weighted by molar-refractivity contribution is 5.92. The molecule has 1 aromatic heterocycles. The third-order valence-electron chi connectivity index (χ3n) is 4.45. The first kappa shape index (κ1) is 18.5. The Morgan fingerprint density at radius 1 is 1.41 bits per heavy atom. The van der Waals surface area contributed by atoms with Crippen molar-refractivity contribution in [1.82, 2.24) is 9.88 Å². The number of aryl methyl sites for hydroxylation is 1. The number of nitrogens with two attached hydrogens (primary N) is 1. The Bertz CT molecular complexity index is 1010. The number of halogens is 1. The standard InChI is InChI=1S/C20H18FN3O3/c1-12-10-15(18(22)25)23-17(16(12)21)14-5-3-4-13(11-14)6-7-20(27)8-9-24(2)19(20)26/h3-5,10-11,27H,8-9H2,1-2H3,(H2,22,25). The molecule has 1 aliphatic heterocycles. The molecule has 0 radical (unpaired) electrons. The van der Waals surface area contributed by atoms with Crippen LogP contribution in [0.2, 0.25) is 0 Å². The molecule has 1 atom stereocenters. The van der Waals surface area contributed by atoms with Gasteiger partial charge in [0.25, 0.3) is 11.8 Å². The van der Waals surface area contributed by atoms with E-state index in [-0.39, 0.29) is 23.4 Å². The van der Waals surface area contributed by atoms with Crippen molar-refractivity contribution in [3.8, 4) is 23.1 Å². The predicted octanol–water partition coefficient (Wildman–Crippen LogP) is 1.24. The second kappa shape index (κ2) is 6.82. The van der Waals surface area contributed by atoms with Gasteiger partial charge in [0.1, 0.15) is 11.4 Å². The molecule has 0 bridgehead atoms. The fourth-order valence-corrected chi connectivity index (χ4v) is 2.86. The number of benzene rings is 1. The molecule has 1 saturated heterocycles. The van der Waals surface area contributed by atoms with Crippen molar-refractivity contribution in [2.75, 3.05) is 13.6 Å². The fraction of sp³-hybridized carbons (Fsp3) is 0.250. The zero-order chi connectivity index (χ0) is 19.8. The molecule has 2 amide bonds. The minimum absolute atomic E-state index is 0.0113. The molecule has 138 valence electrons. The van der Waals surface area contributed by atoms with Crippen LogP contribution in [0.4, 0.5) is 4.39 Å². The van der Waals surface area contributed by atoms with Gasteiger partial charge in [-0.25, -0.2) is 9.37 Å². The van der Waals surface area contributed by atoms with Crippen molar-refractivity contribution < 1.29 is 19.1 Å². The lowest BCUT2D eigenvalue weighted by Crippen LogP contribution is -2.37. The van der Waals surface area contributed by atoms with Gasteiger partial charge < -0.3 is 15.7 Å². The largest absolute Gasteiger partial charge is 0.369 e. The smallest absolute Gasteiger partial charge is 0.267 e. The van der Waals surface area contributed by atoms with Gasteiger partial charge in [-0.05, 0) is 30.7 Å². The van der Waals surface area contributed by atoms with Crippen molar-refractivity contribution in [2.24, 2.45) is 5.73 Å². The summed E-state index contributed by atoms with van der Waals surface area (Å²) >= 11 is 0. The summed E-state index contributed by atoms with van der Waals surface area (Å²) in [6.45, 7) is 1.95. The van der Waals surface area contributed by atoms with Crippen LogP contribution in [0, 0.1) is 24.6 Å². The van der Waals surface area contributed by atoms with Crippen molar-refractivity contribution in [3.05, 3.63) is 53.0 Å². The monoisotopic (exact) mass is 367 g/mol. The Morgan fingerprint density at radius 2 is 2.15 bits per heavy atom. The summed E-state index contributed by atoms with van der Waals surface area (Å²) < 4.78 is 14.5. The molecule has 1 aliphatic rings. The summed E-state index contributed by atoms with van der Waals surface area (Å²) in [6.07, 6.45) is 0.227. The minimum Gasteiger partial charge on any atom is -0.369 e. The lowest BCUT2D eigenvalue weighted by atomic mass is 10.0. The molecule has 1 aromatic carbocycles. The number of likely N-dealkylation sites (N-methyl/N-ethyl adjacent to an activating group) is 1. The number of pyridine rings is 1. The Morgan fingerprint density at radius 3 is 2.78 bits per heavy atom. The number of primary amides is 1. The highest BCUT2D eigenvalue weighted by Gasteiger charge is 2.42. The maximum atomic E-state index is 14.5. The van der Waals surface area contributed by atoms with Crippen LogP contribution in [0.15, 0.2) is 30.3 Å². The van der Waals surface area contributed by atoms with Crippen molar-refractivity contribution >= 4 is 11.8 Å². The van der Waals surface area contributed by atoms with Crippen LogP contribution in [0.3, 0.4) is 0 Å². The molecule has 0 saturated carbocycles. The van der Waals surface area contributed by atoms with E-state index >= 15 is 0 Å². The average Bonchev–Trinajstić information content (AvgIpc) is 2.90. The number of carbonyl (C=O) groups is 2. The Hall–Kier alpha value is -3.24. The molecule has 1 unspecified atom stereocenters. The first-order valence-electron chi connectivity index (χ1n) is 8.30. The lowest BCUT2D eigenvalue weighted by molar-refractivity contribution is -0.137. The highest BCUT2D eigenvalue weighted by Crippen LogP contribution is 2.25. The average molecular weight is 367 g/mol. The summed E-state index contributed by atoms with van der Waals surface area (Å²) in [7, 11) is 1.60. The summed E-state index contributed by atoms with van der Waals surface area (Å²) in [6, 6.07) is 7.83. The van der Waals surface area contributed by atoms with Gasteiger partial charge in [-0.15, -0.1) is 0 Å². The van der Waals surface area contributed by atoms with Gasteiger partial charge >= 0.3 is 0 Å². The topological polar surface area (TPSA) is 96.5 Å². The van der Waals surface area contributed by atoms with Gasteiger partial charge in [0.15, 0.2) is 5.82 Å². The molecule has 2 aromatic rings. The van der Waals surface area contributed by atoms with Gasteiger partial charge in [0, 0.05) is 31.1 Å². The van der Waals surface area contributed by atoms with E-state index in [0.717, 1.165) is 0 Å². The van der Waals surface area contributed by atoms with Gasteiger partial charge in [-0.3, -0.25) is 9.59 Å². The van der Waals surface area contributed by atoms with E-state index in [9.17, 15) is 19.1 Å². The Balaban J connectivity index is 2.00. The molecular weight excluding hydrogens is 349 g/mol. The number of likely N-dealkylation sites (tertiary alicyclic amines) is 1. The van der Waals surface area contributed by atoms with Gasteiger partial charge in [-0.2, -0.15) is 0 Å². The van der Waals surface area contributed by atoms with Crippen LogP contribution in [-0.2, 0) is 4.79 Å². The zero-order valence-corrected chi connectivity index (χ0v) is 14.9. The molecule has 6 nitrogen and oxygen atoms in total. The summed E-state index contributed by atoms with van der Waals surface area (Å²) in [5.74, 6) is 3.64. The van der Waals surface area contributed by atoms with Crippen molar-refractivity contribution in [1.29, 1.82) is 0 Å². The molecular formula is C20H18FN3O3. The third-order valence-corrected chi connectivity index (χ3v) is 4.45. The molecule has 0 spiro atoms. The third kappa shape index (κ3) is 3.52. The van der Waals surface area contributed by atoms with Crippen LogP contribution in [0.5, 0.6) is 0 Å². The van der Waals surface area contributed by atoms with Gasteiger partial charge in [0.2, 0.25) is 5.60 Å². The molecule has 3 rings (SSSR count). The van der Waals surface area contributed by atoms with E-state index in [0.29, 0.717) is 17.7 Å². The number of aromatic nitrogens is 1.